The normalized spacial score (nSPS) is 10.9. The second-order valence-corrected chi connectivity index (χ2v) is 5.64. The molecule has 6 heteroatoms. The van der Waals surface area contributed by atoms with E-state index < -0.39 is 5.97 Å². The molecule has 0 aliphatic carbocycles. The van der Waals surface area contributed by atoms with Gasteiger partial charge in [-0.25, -0.2) is 14.8 Å². The van der Waals surface area contributed by atoms with Crippen LogP contribution in [0.5, 0.6) is 0 Å². The fraction of sp³-hybridized carbons (Fsp3) is 0. The second kappa shape index (κ2) is 5.76. The minimum absolute atomic E-state index is 0.0351. The van der Waals surface area contributed by atoms with Gasteiger partial charge in [-0.1, -0.05) is 12.6 Å². The molecule has 0 aliphatic heterocycles. The fourth-order valence-electron chi connectivity index (χ4n) is 2.74. The zero-order valence-electron chi connectivity index (χ0n) is 13.2. The molecule has 0 bridgehead atoms. The number of aromatic nitrogens is 3. The van der Waals surface area contributed by atoms with E-state index in [9.17, 15) is 4.79 Å². The summed E-state index contributed by atoms with van der Waals surface area (Å²) in [7, 11) is 0. The average molecular weight is 330 g/mol. The number of benzene rings is 2. The molecule has 3 N–H and O–H groups in total. The number of H-pyrrole nitrogens is 1. The summed E-state index contributed by atoms with van der Waals surface area (Å²) >= 11 is 0. The van der Waals surface area contributed by atoms with E-state index in [0.717, 1.165) is 22.0 Å². The van der Waals surface area contributed by atoms with Crippen LogP contribution >= 0.6 is 0 Å². The van der Waals surface area contributed by atoms with Crippen molar-refractivity contribution in [3.05, 3.63) is 67.1 Å². The minimum atomic E-state index is -1.05. The molecule has 4 rings (SSSR count). The quantitative estimate of drug-likeness (QED) is 0.493. The molecule has 6 nitrogen and oxygen atoms in total. The van der Waals surface area contributed by atoms with Crippen molar-refractivity contribution in [3.63, 3.8) is 0 Å². The number of nitrogens with zero attached hydrogens (tertiary/aromatic N) is 2. The summed E-state index contributed by atoms with van der Waals surface area (Å²) in [6, 6.07) is 13.2. The van der Waals surface area contributed by atoms with Crippen molar-refractivity contribution in [1.29, 1.82) is 0 Å². The molecule has 0 atom stereocenters. The molecule has 0 saturated carbocycles. The largest absolute Gasteiger partial charge is 0.478 e. The molecule has 0 fully saturated rings. The molecule has 2 heterocycles. The Morgan fingerprint density at radius 3 is 2.84 bits per heavy atom. The number of aromatic amines is 1. The molecular weight excluding hydrogens is 316 g/mol. The van der Waals surface area contributed by atoms with Crippen molar-refractivity contribution in [2.75, 3.05) is 5.32 Å². The van der Waals surface area contributed by atoms with E-state index in [4.69, 9.17) is 5.11 Å². The number of nitrogens with one attached hydrogen (secondary N) is 2. The third kappa shape index (κ3) is 2.70. The van der Waals surface area contributed by atoms with Gasteiger partial charge in [-0.3, -0.25) is 0 Å². The van der Waals surface area contributed by atoms with Crippen LogP contribution in [0.25, 0.3) is 27.4 Å². The lowest BCUT2D eigenvalue weighted by molar-refractivity contribution is -0.130. The Morgan fingerprint density at radius 2 is 2.00 bits per heavy atom. The number of fused-ring (bicyclic) bond motifs is 2. The van der Waals surface area contributed by atoms with Gasteiger partial charge in [0.2, 0.25) is 0 Å². The first kappa shape index (κ1) is 14.9. The number of carbonyl (C=O) groups is 1. The Morgan fingerprint density at radius 1 is 1.12 bits per heavy atom. The molecule has 0 saturated heterocycles. The lowest BCUT2D eigenvalue weighted by Crippen LogP contribution is -1.99. The standard InChI is InChI=1S/C19H14N4O2/c1-11(19(24)25)12-2-4-15-17(9-12)21-10-22-18(15)23-14-3-5-16-13(8-14)6-7-20-16/h2-10,20H,1H2,(H,24,25)(H,21,22,23). The van der Waals surface area contributed by atoms with E-state index in [0.29, 0.717) is 16.9 Å². The van der Waals surface area contributed by atoms with Gasteiger partial charge in [0.15, 0.2) is 0 Å². The van der Waals surface area contributed by atoms with E-state index in [2.05, 4.69) is 26.8 Å². The summed E-state index contributed by atoms with van der Waals surface area (Å²) in [5.41, 5.74) is 3.19. The van der Waals surface area contributed by atoms with Crippen LogP contribution in [0.4, 0.5) is 11.5 Å². The minimum Gasteiger partial charge on any atom is -0.478 e. The van der Waals surface area contributed by atoms with E-state index >= 15 is 0 Å². The second-order valence-electron chi connectivity index (χ2n) is 5.64. The summed E-state index contributed by atoms with van der Waals surface area (Å²) in [6.45, 7) is 3.58. The first-order valence-corrected chi connectivity index (χ1v) is 7.63. The summed E-state index contributed by atoms with van der Waals surface area (Å²) in [6.07, 6.45) is 3.35. The summed E-state index contributed by atoms with van der Waals surface area (Å²) in [4.78, 5) is 22.8. The predicted molar refractivity (Wildman–Crippen MR) is 97.8 cm³/mol. The van der Waals surface area contributed by atoms with Crippen LogP contribution in [0.15, 0.2) is 61.6 Å². The topological polar surface area (TPSA) is 90.9 Å². The van der Waals surface area contributed by atoms with E-state index in [1.54, 1.807) is 18.2 Å². The van der Waals surface area contributed by atoms with Crippen LogP contribution in [0, 0.1) is 0 Å². The van der Waals surface area contributed by atoms with Gasteiger partial charge in [-0.2, -0.15) is 0 Å². The van der Waals surface area contributed by atoms with Gasteiger partial charge in [0.1, 0.15) is 12.1 Å². The summed E-state index contributed by atoms with van der Waals surface area (Å²) in [5.74, 6) is -0.390. The third-order valence-corrected chi connectivity index (χ3v) is 4.06. The van der Waals surface area contributed by atoms with Crippen molar-refractivity contribution in [2.45, 2.75) is 0 Å². The van der Waals surface area contributed by atoms with Crippen molar-refractivity contribution >= 4 is 44.9 Å². The smallest absolute Gasteiger partial charge is 0.335 e. The Labute approximate surface area is 142 Å². The lowest BCUT2D eigenvalue weighted by Gasteiger charge is -2.09. The molecule has 0 aliphatic rings. The van der Waals surface area contributed by atoms with Gasteiger partial charge in [-0.05, 0) is 42.0 Å². The maximum absolute atomic E-state index is 11.1. The van der Waals surface area contributed by atoms with Crippen molar-refractivity contribution in [2.24, 2.45) is 0 Å². The van der Waals surface area contributed by atoms with Crippen molar-refractivity contribution < 1.29 is 9.90 Å². The highest BCUT2D eigenvalue weighted by atomic mass is 16.4. The molecule has 25 heavy (non-hydrogen) atoms. The molecular formula is C19H14N4O2. The number of carboxylic acid groups (broad SMARTS) is 1. The molecule has 122 valence electrons. The highest BCUT2D eigenvalue weighted by Gasteiger charge is 2.10. The number of hydrogen-bond donors (Lipinski definition) is 3. The Hall–Kier alpha value is -3.67. The highest BCUT2D eigenvalue weighted by molar-refractivity contribution is 6.15. The molecule has 2 aromatic heterocycles. The molecule has 0 radical (unpaired) electrons. The van der Waals surface area contributed by atoms with Crippen LogP contribution in [-0.4, -0.2) is 26.0 Å². The average Bonchev–Trinajstić information content (AvgIpc) is 3.08. The molecule has 0 unspecified atom stereocenters. The first-order chi connectivity index (χ1) is 12.1. The number of aliphatic carboxylic acids is 1. The Balaban J connectivity index is 1.74. The maximum atomic E-state index is 11.1. The number of anilines is 2. The zero-order chi connectivity index (χ0) is 17.4. The molecule has 4 aromatic rings. The van der Waals surface area contributed by atoms with Gasteiger partial charge in [0.25, 0.3) is 0 Å². The van der Waals surface area contributed by atoms with E-state index in [1.807, 2.05) is 30.5 Å². The number of carboxylic acids is 1. The predicted octanol–water partition coefficient (Wildman–Crippen LogP) is 3.95. The maximum Gasteiger partial charge on any atom is 0.335 e. The van der Waals surface area contributed by atoms with Crippen LogP contribution in [0.1, 0.15) is 5.56 Å². The van der Waals surface area contributed by atoms with Gasteiger partial charge in [0.05, 0.1) is 11.1 Å². The van der Waals surface area contributed by atoms with Crippen molar-refractivity contribution in [1.82, 2.24) is 15.0 Å². The Kier molecular flexibility index (Phi) is 3.43. The van der Waals surface area contributed by atoms with Crippen LogP contribution in [-0.2, 0) is 4.79 Å². The van der Waals surface area contributed by atoms with Gasteiger partial charge < -0.3 is 15.4 Å². The fourth-order valence-corrected chi connectivity index (χ4v) is 2.74. The van der Waals surface area contributed by atoms with Crippen LogP contribution in [0.3, 0.4) is 0 Å². The number of rotatable bonds is 4. The Bertz CT molecular complexity index is 1130. The monoisotopic (exact) mass is 330 g/mol. The third-order valence-electron chi connectivity index (χ3n) is 4.06. The van der Waals surface area contributed by atoms with Crippen LogP contribution in [0.2, 0.25) is 0 Å². The zero-order valence-corrected chi connectivity index (χ0v) is 13.2. The van der Waals surface area contributed by atoms with E-state index in [-0.39, 0.29) is 5.57 Å². The lowest BCUT2D eigenvalue weighted by atomic mass is 10.1. The molecule has 0 spiro atoms. The number of hydrogen-bond acceptors (Lipinski definition) is 4. The van der Waals surface area contributed by atoms with Crippen molar-refractivity contribution in [3.8, 4) is 0 Å². The van der Waals surface area contributed by atoms with Gasteiger partial charge >= 0.3 is 5.97 Å². The molecule has 2 aromatic carbocycles. The van der Waals surface area contributed by atoms with Gasteiger partial charge in [0, 0.05) is 28.2 Å². The SMILES string of the molecule is C=C(C(=O)O)c1ccc2c(Nc3ccc4[nH]ccc4c3)ncnc2c1. The van der Waals surface area contributed by atoms with E-state index in [1.165, 1.54) is 6.33 Å². The first-order valence-electron chi connectivity index (χ1n) is 7.63. The summed E-state index contributed by atoms with van der Waals surface area (Å²) in [5, 5.41) is 14.3. The van der Waals surface area contributed by atoms with Crippen LogP contribution < -0.4 is 5.32 Å². The highest BCUT2D eigenvalue weighted by Crippen LogP contribution is 2.27. The van der Waals surface area contributed by atoms with Gasteiger partial charge in [-0.15, -0.1) is 0 Å². The molecule has 0 amide bonds. The summed E-state index contributed by atoms with van der Waals surface area (Å²) < 4.78 is 0.